The Morgan fingerprint density at radius 3 is 2.30 bits per heavy atom. The summed E-state index contributed by atoms with van der Waals surface area (Å²) in [6, 6.07) is 20.2. The lowest BCUT2D eigenvalue weighted by Gasteiger charge is -2.14. The van der Waals surface area contributed by atoms with Crippen LogP contribution in [0.4, 0.5) is 0 Å². The Kier molecular flexibility index (Phi) is 5.69. The summed E-state index contributed by atoms with van der Waals surface area (Å²) >= 11 is 1.71. The van der Waals surface area contributed by atoms with Crippen molar-refractivity contribution >= 4 is 17.7 Å². The maximum absolute atomic E-state index is 11.9. The van der Waals surface area contributed by atoms with Crippen LogP contribution in [0, 0.1) is 0 Å². The molecule has 1 atom stereocenters. The van der Waals surface area contributed by atoms with E-state index in [2.05, 4.69) is 17.4 Å². The van der Waals surface area contributed by atoms with Crippen LogP contribution in [0.2, 0.25) is 0 Å². The van der Waals surface area contributed by atoms with Gasteiger partial charge in [-0.3, -0.25) is 4.79 Å². The molecule has 0 radical (unpaired) electrons. The normalized spacial score (nSPS) is 11.8. The maximum Gasteiger partial charge on any atom is 0.221 e. The first-order chi connectivity index (χ1) is 9.75. The predicted octanol–water partition coefficient (Wildman–Crippen LogP) is 4.05. The lowest BCUT2D eigenvalue weighted by Crippen LogP contribution is -2.26. The van der Waals surface area contributed by atoms with Crippen LogP contribution in [-0.2, 0) is 4.79 Å². The molecule has 2 aromatic rings. The van der Waals surface area contributed by atoms with E-state index in [4.69, 9.17) is 0 Å². The topological polar surface area (TPSA) is 29.1 Å². The second-order valence-corrected chi connectivity index (χ2v) is 5.78. The van der Waals surface area contributed by atoms with Gasteiger partial charge in [-0.25, -0.2) is 0 Å². The second kappa shape index (κ2) is 7.75. The van der Waals surface area contributed by atoms with E-state index in [9.17, 15) is 4.79 Å². The molecule has 2 aromatic carbocycles. The number of nitrogens with one attached hydrogen (secondary N) is 1. The summed E-state index contributed by atoms with van der Waals surface area (Å²) in [7, 11) is 0. The SMILES string of the molecule is C[C@H](NC(=O)CCSc1ccccc1)c1ccccc1. The molecule has 1 amide bonds. The van der Waals surface area contributed by atoms with Gasteiger partial charge < -0.3 is 5.32 Å². The van der Waals surface area contributed by atoms with Crippen LogP contribution in [0.1, 0.15) is 24.9 Å². The van der Waals surface area contributed by atoms with Gasteiger partial charge in [0.25, 0.3) is 0 Å². The van der Waals surface area contributed by atoms with Crippen LogP contribution >= 0.6 is 11.8 Å². The second-order valence-electron chi connectivity index (χ2n) is 4.61. The summed E-state index contributed by atoms with van der Waals surface area (Å²) in [5.74, 6) is 0.905. The molecule has 2 nitrogen and oxygen atoms in total. The Hall–Kier alpha value is -1.74. The van der Waals surface area contributed by atoms with Crippen molar-refractivity contribution < 1.29 is 4.79 Å². The molecule has 0 bridgehead atoms. The third-order valence-electron chi connectivity index (χ3n) is 3.02. The van der Waals surface area contributed by atoms with Crippen LogP contribution < -0.4 is 5.32 Å². The van der Waals surface area contributed by atoms with Crippen LogP contribution in [0.15, 0.2) is 65.6 Å². The first-order valence-electron chi connectivity index (χ1n) is 6.78. The minimum Gasteiger partial charge on any atom is -0.350 e. The zero-order valence-electron chi connectivity index (χ0n) is 11.6. The highest BCUT2D eigenvalue weighted by atomic mass is 32.2. The Morgan fingerprint density at radius 1 is 1.05 bits per heavy atom. The molecule has 0 aromatic heterocycles. The molecule has 2 rings (SSSR count). The van der Waals surface area contributed by atoms with Crippen molar-refractivity contribution in [3.63, 3.8) is 0 Å². The third-order valence-corrected chi connectivity index (χ3v) is 4.03. The number of carbonyl (C=O) groups is 1. The molecule has 0 saturated carbocycles. The van der Waals surface area contributed by atoms with Gasteiger partial charge in [0.05, 0.1) is 6.04 Å². The number of benzene rings is 2. The molecule has 0 heterocycles. The third kappa shape index (κ3) is 4.74. The summed E-state index contributed by atoms with van der Waals surface area (Å²) in [6.45, 7) is 2.01. The fraction of sp³-hybridized carbons (Fsp3) is 0.235. The van der Waals surface area contributed by atoms with E-state index in [0.717, 1.165) is 11.3 Å². The lowest BCUT2D eigenvalue weighted by molar-refractivity contribution is -0.121. The standard InChI is InChI=1S/C17H19NOS/c1-14(15-8-4-2-5-9-15)18-17(19)12-13-20-16-10-6-3-7-11-16/h2-11,14H,12-13H2,1H3,(H,18,19)/t14-/m0/s1. The van der Waals surface area contributed by atoms with Gasteiger partial charge in [-0.05, 0) is 24.6 Å². The average Bonchev–Trinajstić information content (AvgIpc) is 2.49. The van der Waals surface area contributed by atoms with E-state index in [0.29, 0.717) is 6.42 Å². The predicted molar refractivity (Wildman–Crippen MR) is 84.8 cm³/mol. The Labute approximate surface area is 124 Å². The van der Waals surface area contributed by atoms with Gasteiger partial charge in [0, 0.05) is 17.1 Å². The summed E-state index contributed by atoms with van der Waals surface area (Å²) < 4.78 is 0. The molecule has 0 spiro atoms. The van der Waals surface area contributed by atoms with Gasteiger partial charge >= 0.3 is 0 Å². The number of thioether (sulfide) groups is 1. The van der Waals surface area contributed by atoms with Gasteiger partial charge in [-0.1, -0.05) is 48.5 Å². The summed E-state index contributed by atoms with van der Waals surface area (Å²) in [5, 5.41) is 3.03. The van der Waals surface area contributed by atoms with Crippen molar-refractivity contribution in [1.82, 2.24) is 5.32 Å². The van der Waals surface area contributed by atoms with E-state index < -0.39 is 0 Å². The molecule has 0 fully saturated rings. The highest BCUT2D eigenvalue weighted by Crippen LogP contribution is 2.18. The molecular formula is C17H19NOS. The van der Waals surface area contributed by atoms with Crippen LogP contribution in [0.5, 0.6) is 0 Å². The molecule has 0 aliphatic heterocycles. The van der Waals surface area contributed by atoms with Crippen molar-refractivity contribution in [2.24, 2.45) is 0 Å². The Balaban J connectivity index is 1.73. The van der Waals surface area contributed by atoms with E-state index in [-0.39, 0.29) is 11.9 Å². The molecule has 0 aliphatic carbocycles. The minimum absolute atomic E-state index is 0.0606. The maximum atomic E-state index is 11.9. The number of hydrogen-bond acceptors (Lipinski definition) is 2. The lowest BCUT2D eigenvalue weighted by atomic mass is 10.1. The van der Waals surface area contributed by atoms with Crippen LogP contribution in [0.25, 0.3) is 0 Å². The van der Waals surface area contributed by atoms with E-state index in [1.807, 2.05) is 55.5 Å². The number of carbonyl (C=O) groups excluding carboxylic acids is 1. The zero-order valence-corrected chi connectivity index (χ0v) is 12.4. The van der Waals surface area contributed by atoms with Gasteiger partial charge in [-0.2, -0.15) is 0 Å². The first-order valence-corrected chi connectivity index (χ1v) is 7.76. The Morgan fingerprint density at radius 2 is 1.65 bits per heavy atom. The summed E-state index contributed by atoms with van der Waals surface area (Å²) in [6.07, 6.45) is 0.538. The quantitative estimate of drug-likeness (QED) is 0.811. The molecule has 1 N–H and O–H groups in total. The van der Waals surface area contributed by atoms with E-state index in [1.165, 1.54) is 4.90 Å². The molecule has 3 heteroatoms. The highest BCUT2D eigenvalue weighted by molar-refractivity contribution is 7.99. The van der Waals surface area contributed by atoms with E-state index >= 15 is 0 Å². The zero-order chi connectivity index (χ0) is 14.2. The molecular weight excluding hydrogens is 266 g/mol. The smallest absolute Gasteiger partial charge is 0.221 e. The Bertz CT molecular complexity index is 527. The monoisotopic (exact) mass is 285 g/mol. The van der Waals surface area contributed by atoms with E-state index in [1.54, 1.807) is 11.8 Å². The van der Waals surface area contributed by atoms with Crippen molar-refractivity contribution in [1.29, 1.82) is 0 Å². The molecule has 0 unspecified atom stereocenters. The number of amides is 1. The average molecular weight is 285 g/mol. The largest absolute Gasteiger partial charge is 0.350 e. The highest BCUT2D eigenvalue weighted by Gasteiger charge is 2.08. The molecule has 20 heavy (non-hydrogen) atoms. The van der Waals surface area contributed by atoms with Gasteiger partial charge in [0.15, 0.2) is 0 Å². The van der Waals surface area contributed by atoms with Crippen molar-refractivity contribution in [3.8, 4) is 0 Å². The number of hydrogen-bond donors (Lipinski definition) is 1. The first kappa shape index (κ1) is 14.7. The van der Waals surface area contributed by atoms with Gasteiger partial charge in [-0.15, -0.1) is 11.8 Å². The molecule has 0 aliphatic rings. The summed E-state index contributed by atoms with van der Waals surface area (Å²) in [5.41, 5.74) is 1.14. The molecule has 0 saturated heterocycles. The van der Waals surface area contributed by atoms with Crippen LogP contribution in [0.3, 0.4) is 0 Å². The van der Waals surface area contributed by atoms with Crippen molar-refractivity contribution in [3.05, 3.63) is 66.2 Å². The fourth-order valence-electron chi connectivity index (χ4n) is 1.92. The van der Waals surface area contributed by atoms with Gasteiger partial charge in [0.2, 0.25) is 5.91 Å². The van der Waals surface area contributed by atoms with Gasteiger partial charge in [0.1, 0.15) is 0 Å². The van der Waals surface area contributed by atoms with Crippen molar-refractivity contribution in [2.75, 3.05) is 5.75 Å². The fourth-order valence-corrected chi connectivity index (χ4v) is 2.79. The summed E-state index contributed by atoms with van der Waals surface area (Å²) in [4.78, 5) is 13.1. The molecule has 104 valence electrons. The van der Waals surface area contributed by atoms with Crippen LogP contribution in [-0.4, -0.2) is 11.7 Å². The number of rotatable bonds is 6. The minimum atomic E-state index is 0.0606. The van der Waals surface area contributed by atoms with Crippen molar-refractivity contribution in [2.45, 2.75) is 24.3 Å².